The lowest BCUT2D eigenvalue weighted by Gasteiger charge is -2.41. The molecule has 1 heterocycles. The van der Waals surface area contributed by atoms with Gasteiger partial charge in [0.05, 0.1) is 6.04 Å². The standard InChI is InChI=1S/C19H23BrN2O/c1-3-16-12-18(21-15-7-5-4-6-8-15)17-11-14(20)9-10-19(17)22(16)13(2)23/h5,7-11,16,18,21H,3-4,6,12H2,1-2H3/t16-,18+/m1/s1. The van der Waals surface area contributed by atoms with Crippen LogP contribution in [0.15, 0.2) is 46.6 Å². The minimum Gasteiger partial charge on any atom is -0.378 e. The Morgan fingerprint density at radius 2 is 2.22 bits per heavy atom. The number of carbonyl (C=O) groups is 1. The summed E-state index contributed by atoms with van der Waals surface area (Å²) in [5, 5.41) is 3.68. The number of rotatable bonds is 3. The molecule has 0 saturated carbocycles. The Balaban J connectivity index is 1.98. The van der Waals surface area contributed by atoms with Gasteiger partial charge in [0.1, 0.15) is 0 Å². The Bertz CT molecular complexity index is 665. The van der Waals surface area contributed by atoms with Crippen molar-refractivity contribution < 1.29 is 4.79 Å². The molecule has 4 heteroatoms. The third kappa shape index (κ3) is 3.37. The maximum Gasteiger partial charge on any atom is 0.224 e. The van der Waals surface area contributed by atoms with Crippen molar-refractivity contribution in [3.05, 3.63) is 52.2 Å². The highest BCUT2D eigenvalue weighted by Gasteiger charge is 2.34. The number of anilines is 1. The van der Waals surface area contributed by atoms with E-state index in [4.69, 9.17) is 0 Å². The SMILES string of the molecule is CC[C@@H]1C[C@H](NC2=CCCC=C2)c2cc(Br)ccc2N1C(C)=O. The number of halogens is 1. The average Bonchev–Trinajstić information content (AvgIpc) is 2.55. The zero-order valence-electron chi connectivity index (χ0n) is 13.7. The van der Waals surface area contributed by atoms with E-state index in [0.29, 0.717) is 0 Å². The van der Waals surface area contributed by atoms with E-state index in [-0.39, 0.29) is 18.0 Å². The number of nitrogens with one attached hydrogen (secondary N) is 1. The van der Waals surface area contributed by atoms with E-state index >= 15 is 0 Å². The molecule has 0 saturated heterocycles. The zero-order valence-corrected chi connectivity index (χ0v) is 15.3. The van der Waals surface area contributed by atoms with E-state index in [2.05, 4.69) is 58.5 Å². The van der Waals surface area contributed by atoms with Gasteiger partial charge in [0, 0.05) is 28.8 Å². The molecule has 0 radical (unpaired) electrons. The molecule has 3 rings (SSSR count). The van der Waals surface area contributed by atoms with Crippen molar-refractivity contribution in [1.29, 1.82) is 0 Å². The quantitative estimate of drug-likeness (QED) is 0.819. The molecule has 1 amide bonds. The minimum atomic E-state index is 0.121. The van der Waals surface area contributed by atoms with Crippen molar-refractivity contribution in [2.75, 3.05) is 4.90 Å². The molecule has 1 aromatic carbocycles. The second kappa shape index (κ2) is 6.91. The van der Waals surface area contributed by atoms with Crippen LogP contribution in [0.5, 0.6) is 0 Å². The van der Waals surface area contributed by atoms with Crippen LogP contribution in [-0.2, 0) is 4.79 Å². The lowest BCUT2D eigenvalue weighted by Crippen LogP contribution is -2.45. The van der Waals surface area contributed by atoms with Crippen LogP contribution in [-0.4, -0.2) is 11.9 Å². The van der Waals surface area contributed by atoms with E-state index in [1.807, 2.05) is 11.0 Å². The topological polar surface area (TPSA) is 32.3 Å². The molecule has 0 spiro atoms. The molecule has 0 aromatic heterocycles. The second-order valence-electron chi connectivity index (χ2n) is 6.23. The van der Waals surface area contributed by atoms with E-state index in [1.54, 1.807) is 6.92 Å². The predicted molar refractivity (Wildman–Crippen MR) is 98.3 cm³/mol. The first-order valence-corrected chi connectivity index (χ1v) is 9.12. The summed E-state index contributed by atoms with van der Waals surface area (Å²) in [5.74, 6) is 0.121. The molecular weight excluding hydrogens is 352 g/mol. The molecule has 0 unspecified atom stereocenters. The van der Waals surface area contributed by atoms with Crippen LogP contribution in [0.25, 0.3) is 0 Å². The van der Waals surface area contributed by atoms with E-state index in [9.17, 15) is 4.79 Å². The smallest absolute Gasteiger partial charge is 0.224 e. The summed E-state index contributed by atoms with van der Waals surface area (Å²) in [6, 6.07) is 6.69. The Hall–Kier alpha value is -1.55. The van der Waals surface area contributed by atoms with Gasteiger partial charge in [0.15, 0.2) is 0 Å². The summed E-state index contributed by atoms with van der Waals surface area (Å²) >= 11 is 3.57. The highest BCUT2D eigenvalue weighted by Crippen LogP contribution is 2.40. The van der Waals surface area contributed by atoms with Crippen molar-refractivity contribution in [1.82, 2.24) is 5.32 Å². The molecule has 2 aliphatic rings. The Morgan fingerprint density at radius 1 is 1.39 bits per heavy atom. The number of amides is 1. The van der Waals surface area contributed by atoms with Crippen LogP contribution in [0.4, 0.5) is 5.69 Å². The van der Waals surface area contributed by atoms with Crippen LogP contribution < -0.4 is 10.2 Å². The molecular formula is C19H23BrN2O. The molecule has 0 fully saturated rings. The number of hydrogen-bond donors (Lipinski definition) is 1. The fourth-order valence-electron chi connectivity index (χ4n) is 3.56. The van der Waals surface area contributed by atoms with Crippen molar-refractivity contribution in [2.45, 2.75) is 51.6 Å². The highest BCUT2D eigenvalue weighted by molar-refractivity contribution is 9.10. The number of nitrogens with zero attached hydrogens (tertiary/aromatic N) is 1. The van der Waals surface area contributed by atoms with Gasteiger partial charge in [-0.25, -0.2) is 0 Å². The third-order valence-corrected chi connectivity index (χ3v) is 5.14. The average molecular weight is 375 g/mol. The number of benzene rings is 1. The molecule has 1 N–H and O–H groups in total. The van der Waals surface area contributed by atoms with E-state index in [0.717, 1.165) is 35.8 Å². The maximum absolute atomic E-state index is 12.2. The van der Waals surface area contributed by atoms with Gasteiger partial charge in [-0.3, -0.25) is 4.79 Å². The first-order chi connectivity index (χ1) is 11.1. The van der Waals surface area contributed by atoms with Gasteiger partial charge >= 0.3 is 0 Å². The lowest BCUT2D eigenvalue weighted by molar-refractivity contribution is -0.117. The van der Waals surface area contributed by atoms with Crippen LogP contribution >= 0.6 is 15.9 Å². The molecule has 2 atom stereocenters. The first kappa shape index (κ1) is 16.3. The fraction of sp³-hybridized carbons (Fsp3) is 0.421. The Morgan fingerprint density at radius 3 is 2.87 bits per heavy atom. The van der Waals surface area contributed by atoms with Gasteiger partial charge in [0.25, 0.3) is 0 Å². The molecule has 122 valence electrons. The molecule has 1 aromatic rings. The normalized spacial score (nSPS) is 23.3. The molecule has 23 heavy (non-hydrogen) atoms. The number of carbonyl (C=O) groups excluding carboxylic acids is 1. The van der Waals surface area contributed by atoms with Crippen LogP contribution in [0, 0.1) is 0 Å². The van der Waals surface area contributed by atoms with E-state index in [1.165, 1.54) is 11.3 Å². The van der Waals surface area contributed by atoms with E-state index < -0.39 is 0 Å². The van der Waals surface area contributed by atoms with Gasteiger partial charge in [-0.1, -0.05) is 35.0 Å². The summed E-state index contributed by atoms with van der Waals surface area (Å²) in [7, 11) is 0. The zero-order chi connectivity index (χ0) is 16.4. The third-order valence-electron chi connectivity index (χ3n) is 4.64. The monoisotopic (exact) mass is 374 g/mol. The Kier molecular flexibility index (Phi) is 4.90. The van der Waals surface area contributed by atoms with Gasteiger partial charge in [-0.15, -0.1) is 0 Å². The summed E-state index contributed by atoms with van der Waals surface area (Å²) in [6.45, 7) is 3.82. The van der Waals surface area contributed by atoms with Gasteiger partial charge < -0.3 is 10.2 Å². The summed E-state index contributed by atoms with van der Waals surface area (Å²) < 4.78 is 1.05. The largest absolute Gasteiger partial charge is 0.378 e. The number of allylic oxidation sites excluding steroid dienone is 3. The fourth-order valence-corrected chi connectivity index (χ4v) is 3.94. The number of hydrogen-bond acceptors (Lipinski definition) is 2. The van der Waals surface area contributed by atoms with Crippen molar-refractivity contribution in [2.24, 2.45) is 0 Å². The van der Waals surface area contributed by atoms with Gasteiger partial charge in [-0.2, -0.15) is 0 Å². The van der Waals surface area contributed by atoms with Crippen molar-refractivity contribution >= 4 is 27.5 Å². The highest BCUT2D eigenvalue weighted by atomic mass is 79.9. The lowest BCUT2D eigenvalue weighted by atomic mass is 9.89. The minimum absolute atomic E-state index is 0.121. The molecule has 3 nitrogen and oxygen atoms in total. The Labute approximate surface area is 146 Å². The second-order valence-corrected chi connectivity index (χ2v) is 7.14. The summed E-state index contributed by atoms with van der Waals surface area (Å²) in [5.41, 5.74) is 3.43. The molecule has 0 bridgehead atoms. The van der Waals surface area contributed by atoms with Crippen LogP contribution in [0.3, 0.4) is 0 Å². The van der Waals surface area contributed by atoms with Gasteiger partial charge in [-0.05, 0) is 55.5 Å². The number of fused-ring (bicyclic) bond motifs is 1. The van der Waals surface area contributed by atoms with Gasteiger partial charge in [0.2, 0.25) is 5.91 Å². The predicted octanol–water partition coefficient (Wildman–Crippen LogP) is 4.85. The first-order valence-electron chi connectivity index (χ1n) is 8.32. The van der Waals surface area contributed by atoms with Crippen molar-refractivity contribution in [3.63, 3.8) is 0 Å². The van der Waals surface area contributed by atoms with Crippen molar-refractivity contribution in [3.8, 4) is 0 Å². The van der Waals surface area contributed by atoms with Crippen LogP contribution in [0.2, 0.25) is 0 Å². The molecule has 1 aliphatic heterocycles. The van der Waals surface area contributed by atoms with Crippen LogP contribution in [0.1, 0.15) is 51.1 Å². The maximum atomic E-state index is 12.2. The molecule has 1 aliphatic carbocycles. The summed E-state index contributed by atoms with van der Waals surface area (Å²) in [6.07, 6.45) is 10.7. The summed E-state index contributed by atoms with van der Waals surface area (Å²) in [4.78, 5) is 14.1.